The first-order valence-electron chi connectivity index (χ1n) is 6.80. The van der Waals surface area contributed by atoms with Crippen LogP contribution < -0.4 is 5.43 Å². The highest BCUT2D eigenvalue weighted by atomic mass is 16.3. The van der Waals surface area contributed by atoms with Crippen molar-refractivity contribution in [3.8, 4) is 17.2 Å². The molecule has 0 saturated heterocycles. The second kappa shape index (κ2) is 7.13. The van der Waals surface area contributed by atoms with Gasteiger partial charge < -0.3 is 15.3 Å². The molecule has 0 atom stereocenters. The van der Waals surface area contributed by atoms with Gasteiger partial charge in [0, 0.05) is 11.6 Å². The molecule has 0 aliphatic heterocycles. The van der Waals surface area contributed by atoms with Crippen LogP contribution in [-0.4, -0.2) is 27.4 Å². The zero-order chi connectivity index (χ0) is 16.8. The Bertz CT molecular complexity index is 769. The third-order valence-electron chi connectivity index (χ3n) is 3.11. The van der Waals surface area contributed by atoms with Crippen LogP contribution in [0.5, 0.6) is 17.2 Å². The zero-order valence-corrected chi connectivity index (χ0v) is 12.2. The number of carbonyl (C=O) groups excluding carboxylic acids is 1. The summed E-state index contributed by atoms with van der Waals surface area (Å²) < 4.78 is 0. The topological polar surface area (TPSA) is 102 Å². The van der Waals surface area contributed by atoms with Crippen molar-refractivity contribution < 1.29 is 20.1 Å². The maximum atomic E-state index is 11.9. The summed E-state index contributed by atoms with van der Waals surface area (Å²) in [7, 11) is 0. The molecule has 2 rings (SSSR count). The lowest BCUT2D eigenvalue weighted by molar-refractivity contribution is 0.0952. The van der Waals surface area contributed by atoms with Gasteiger partial charge in [-0.15, -0.1) is 6.58 Å². The maximum Gasteiger partial charge on any atom is 0.275 e. The lowest BCUT2D eigenvalue weighted by Gasteiger charge is -2.05. The van der Waals surface area contributed by atoms with Crippen LogP contribution in [0.2, 0.25) is 0 Å². The summed E-state index contributed by atoms with van der Waals surface area (Å²) in [4.78, 5) is 11.9. The van der Waals surface area contributed by atoms with Crippen molar-refractivity contribution in [1.82, 2.24) is 5.43 Å². The van der Waals surface area contributed by atoms with Crippen molar-refractivity contribution in [2.24, 2.45) is 5.10 Å². The average Bonchev–Trinajstić information content (AvgIpc) is 2.51. The van der Waals surface area contributed by atoms with E-state index >= 15 is 0 Å². The molecule has 6 heteroatoms. The number of hydrogen-bond acceptors (Lipinski definition) is 5. The Labute approximate surface area is 133 Å². The molecule has 118 valence electrons. The Hall–Kier alpha value is -3.28. The first-order chi connectivity index (χ1) is 11.0. The predicted octanol–water partition coefficient (Wildman–Crippen LogP) is 2.30. The predicted molar refractivity (Wildman–Crippen MR) is 86.8 cm³/mol. The number of benzene rings is 2. The Morgan fingerprint density at radius 2 is 2.00 bits per heavy atom. The van der Waals surface area contributed by atoms with E-state index in [0.29, 0.717) is 17.5 Å². The molecule has 0 bridgehead atoms. The van der Waals surface area contributed by atoms with Crippen LogP contribution in [0.15, 0.2) is 54.2 Å². The molecule has 23 heavy (non-hydrogen) atoms. The van der Waals surface area contributed by atoms with Crippen molar-refractivity contribution in [2.75, 3.05) is 0 Å². The van der Waals surface area contributed by atoms with Crippen molar-refractivity contribution in [3.63, 3.8) is 0 Å². The van der Waals surface area contributed by atoms with Gasteiger partial charge in [-0.25, -0.2) is 5.43 Å². The highest BCUT2D eigenvalue weighted by Gasteiger charge is 2.10. The van der Waals surface area contributed by atoms with Crippen molar-refractivity contribution in [3.05, 3.63) is 65.7 Å². The molecule has 0 saturated carbocycles. The molecule has 0 aliphatic rings. The summed E-state index contributed by atoms with van der Waals surface area (Å²) in [5.41, 5.74) is 3.36. The molecule has 0 fully saturated rings. The molecule has 0 radical (unpaired) electrons. The van der Waals surface area contributed by atoms with Crippen LogP contribution in [0.3, 0.4) is 0 Å². The highest BCUT2D eigenvalue weighted by molar-refractivity contribution is 5.97. The largest absolute Gasteiger partial charge is 0.508 e. The number of nitrogens with zero attached hydrogens (tertiary/aromatic N) is 1. The Balaban J connectivity index is 2.11. The second-order valence-corrected chi connectivity index (χ2v) is 4.75. The standard InChI is InChI=1S/C17H16N2O4/c1-2-4-11-5-3-6-12(16(11)22)10-18-19-17(23)14-8-7-13(20)9-15(14)21/h2-3,5-10,20-22H,1,4H2,(H,19,23). The zero-order valence-electron chi connectivity index (χ0n) is 12.2. The lowest BCUT2D eigenvalue weighted by Crippen LogP contribution is -2.17. The summed E-state index contributed by atoms with van der Waals surface area (Å²) in [6.45, 7) is 3.62. The van der Waals surface area contributed by atoms with E-state index in [0.717, 1.165) is 6.07 Å². The van der Waals surface area contributed by atoms with Gasteiger partial charge >= 0.3 is 0 Å². The molecule has 0 heterocycles. The molecule has 0 aliphatic carbocycles. The van der Waals surface area contributed by atoms with E-state index in [2.05, 4.69) is 17.1 Å². The number of hydrazone groups is 1. The second-order valence-electron chi connectivity index (χ2n) is 4.75. The molecule has 0 spiro atoms. The summed E-state index contributed by atoms with van der Waals surface area (Å²) in [5.74, 6) is -1.07. The maximum absolute atomic E-state index is 11.9. The normalized spacial score (nSPS) is 10.6. The van der Waals surface area contributed by atoms with Gasteiger partial charge in [0.15, 0.2) is 0 Å². The van der Waals surface area contributed by atoms with Crippen LogP contribution in [0.25, 0.3) is 0 Å². The van der Waals surface area contributed by atoms with Gasteiger partial charge in [-0.1, -0.05) is 18.2 Å². The Kier molecular flexibility index (Phi) is 4.99. The number of rotatable bonds is 5. The third-order valence-corrected chi connectivity index (χ3v) is 3.11. The fourth-order valence-electron chi connectivity index (χ4n) is 1.97. The number of aromatic hydroxyl groups is 3. The third kappa shape index (κ3) is 3.88. The van der Waals surface area contributed by atoms with Gasteiger partial charge in [-0.05, 0) is 30.2 Å². The fourth-order valence-corrected chi connectivity index (χ4v) is 1.97. The molecule has 2 aromatic rings. The molecule has 2 aromatic carbocycles. The molecular weight excluding hydrogens is 296 g/mol. The SMILES string of the molecule is C=CCc1cccc(C=NNC(=O)c2ccc(O)cc2O)c1O. The van der Waals surface area contributed by atoms with Crippen LogP contribution in [0.4, 0.5) is 0 Å². The number of carbonyl (C=O) groups is 1. The van der Waals surface area contributed by atoms with E-state index in [9.17, 15) is 20.1 Å². The van der Waals surface area contributed by atoms with Gasteiger partial charge in [0.2, 0.25) is 0 Å². The minimum absolute atomic E-state index is 0.0235. The molecule has 0 aromatic heterocycles. The first kappa shape index (κ1) is 16.1. The Morgan fingerprint density at radius 1 is 1.22 bits per heavy atom. The van der Waals surface area contributed by atoms with E-state index in [1.165, 1.54) is 18.3 Å². The molecule has 4 N–H and O–H groups in total. The van der Waals surface area contributed by atoms with E-state index < -0.39 is 5.91 Å². The number of allylic oxidation sites excluding steroid dienone is 1. The molecule has 1 amide bonds. The van der Waals surface area contributed by atoms with E-state index in [1.807, 2.05) is 0 Å². The first-order valence-corrected chi connectivity index (χ1v) is 6.80. The average molecular weight is 312 g/mol. The van der Waals surface area contributed by atoms with Gasteiger partial charge in [0.1, 0.15) is 17.2 Å². The van der Waals surface area contributed by atoms with E-state index in [4.69, 9.17) is 0 Å². The van der Waals surface area contributed by atoms with E-state index in [1.54, 1.807) is 24.3 Å². The van der Waals surface area contributed by atoms with Crippen LogP contribution in [0, 0.1) is 0 Å². The fraction of sp³-hybridized carbons (Fsp3) is 0.0588. The molecule has 0 unspecified atom stereocenters. The summed E-state index contributed by atoms with van der Waals surface area (Å²) in [6, 6.07) is 8.79. The van der Waals surface area contributed by atoms with Crippen LogP contribution in [0.1, 0.15) is 21.5 Å². The van der Waals surface area contributed by atoms with E-state index in [-0.39, 0.29) is 22.8 Å². The Morgan fingerprint density at radius 3 is 2.70 bits per heavy atom. The molecule has 6 nitrogen and oxygen atoms in total. The lowest BCUT2D eigenvalue weighted by atomic mass is 10.1. The quantitative estimate of drug-likeness (QED) is 0.386. The number of amides is 1. The van der Waals surface area contributed by atoms with Gasteiger partial charge in [-0.3, -0.25) is 4.79 Å². The number of para-hydroxylation sites is 1. The number of nitrogens with one attached hydrogen (secondary N) is 1. The van der Waals surface area contributed by atoms with Crippen molar-refractivity contribution in [1.29, 1.82) is 0 Å². The number of phenolic OH excluding ortho intramolecular Hbond substituents is 3. The van der Waals surface area contributed by atoms with Crippen LogP contribution >= 0.6 is 0 Å². The van der Waals surface area contributed by atoms with Crippen molar-refractivity contribution in [2.45, 2.75) is 6.42 Å². The van der Waals surface area contributed by atoms with Gasteiger partial charge in [-0.2, -0.15) is 5.10 Å². The minimum Gasteiger partial charge on any atom is -0.508 e. The molecular formula is C17H16N2O4. The summed E-state index contributed by atoms with van der Waals surface area (Å²) >= 11 is 0. The smallest absolute Gasteiger partial charge is 0.275 e. The number of phenols is 3. The monoisotopic (exact) mass is 312 g/mol. The van der Waals surface area contributed by atoms with Crippen molar-refractivity contribution >= 4 is 12.1 Å². The van der Waals surface area contributed by atoms with Crippen LogP contribution in [-0.2, 0) is 6.42 Å². The minimum atomic E-state index is -0.638. The summed E-state index contributed by atoms with van der Waals surface area (Å²) in [5, 5.41) is 32.6. The van der Waals surface area contributed by atoms with Gasteiger partial charge in [0.25, 0.3) is 5.91 Å². The summed E-state index contributed by atoms with van der Waals surface area (Å²) in [6.07, 6.45) is 3.49. The number of hydrogen-bond donors (Lipinski definition) is 4. The highest BCUT2D eigenvalue weighted by Crippen LogP contribution is 2.23. The van der Waals surface area contributed by atoms with Gasteiger partial charge in [0.05, 0.1) is 11.8 Å².